The predicted octanol–water partition coefficient (Wildman–Crippen LogP) is 1.89. The first-order valence-corrected chi connectivity index (χ1v) is 8.63. The van der Waals surface area contributed by atoms with Gasteiger partial charge in [0, 0.05) is 25.5 Å². The first-order chi connectivity index (χ1) is 13.9. The Labute approximate surface area is 166 Å². The smallest absolute Gasteiger partial charge is 0.276 e. The van der Waals surface area contributed by atoms with Crippen molar-refractivity contribution in [1.82, 2.24) is 15.1 Å². The number of hydrogen-bond donors (Lipinski definition) is 2. The van der Waals surface area contributed by atoms with E-state index >= 15 is 0 Å². The van der Waals surface area contributed by atoms with Crippen molar-refractivity contribution in [3.63, 3.8) is 0 Å². The van der Waals surface area contributed by atoms with Gasteiger partial charge in [-0.25, -0.2) is 5.10 Å². The molecule has 0 spiro atoms. The third-order valence-electron chi connectivity index (χ3n) is 4.32. The summed E-state index contributed by atoms with van der Waals surface area (Å²) in [5.41, 5.74) is 0.0724. The first kappa shape index (κ1) is 19.9. The fraction of sp³-hybridized carbons (Fsp3) is 0.200. The standard InChI is InChI=1S/C20H20N4O5/c1-24(2)20(27)13-9-15(28-3)16(29-4)10-14(13)21-19(26)17-11-7-5-6-8-12(11)18(25)23-22-17/h5-10H,1-4H3,(H,21,26)(H,23,25). The van der Waals surface area contributed by atoms with E-state index in [1.54, 1.807) is 38.4 Å². The van der Waals surface area contributed by atoms with Gasteiger partial charge in [0.15, 0.2) is 17.2 Å². The van der Waals surface area contributed by atoms with Crippen LogP contribution in [0.5, 0.6) is 11.5 Å². The fourth-order valence-corrected chi connectivity index (χ4v) is 2.87. The molecule has 3 rings (SSSR count). The van der Waals surface area contributed by atoms with Gasteiger partial charge in [0.2, 0.25) is 0 Å². The summed E-state index contributed by atoms with van der Waals surface area (Å²) in [5.74, 6) is -0.223. The molecule has 1 aromatic heterocycles. The molecule has 0 fully saturated rings. The number of nitrogens with one attached hydrogen (secondary N) is 2. The van der Waals surface area contributed by atoms with Crippen molar-refractivity contribution >= 4 is 28.3 Å². The number of hydrogen-bond acceptors (Lipinski definition) is 6. The normalized spacial score (nSPS) is 10.5. The predicted molar refractivity (Wildman–Crippen MR) is 108 cm³/mol. The van der Waals surface area contributed by atoms with Gasteiger partial charge in [0.1, 0.15) is 0 Å². The zero-order valence-corrected chi connectivity index (χ0v) is 16.4. The van der Waals surface area contributed by atoms with E-state index < -0.39 is 11.5 Å². The molecule has 2 amide bonds. The van der Waals surface area contributed by atoms with E-state index in [-0.39, 0.29) is 22.9 Å². The molecular formula is C20H20N4O5. The monoisotopic (exact) mass is 396 g/mol. The molecule has 1 heterocycles. The van der Waals surface area contributed by atoms with E-state index in [1.807, 2.05) is 0 Å². The summed E-state index contributed by atoms with van der Waals surface area (Å²) >= 11 is 0. The zero-order chi connectivity index (χ0) is 21.1. The number of benzene rings is 2. The second-order valence-corrected chi connectivity index (χ2v) is 6.35. The summed E-state index contributed by atoms with van der Waals surface area (Å²) in [7, 11) is 6.10. The first-order valence-electron chi connectivity index (χ1n) is 8.63. The second kappa shape index (κ2) is 8.01. The molecule has 9 heteroatoms. The molecule has 9 nitrogen and oxygen atoms in total. The highest BCUT2D eigenvalue weighted by Gasteiger charge is 2.22. The van der Waals surface area contributed by atoms with Crippen molar-refractivity contribution in [3.05, 3.63) is 58.0 Å². The number of aromatic nitrogens is 2. The van der Waals surface area contributed by atoms with Gasteiger partial charge in [0.25, 0.3) is 17.4 Å². The van der Waals surface area contributed by atoms with E-state index in [9.17, 15) is 14.4 Å². The molecule has 0 radical (unpaired) electrons. The topological polar surface area (TPSA) is 114 Å². The third kappa shape index (κ3) is 3.75. The van der Waals surface area contributed by atoms with Crippen molar-refractivity contribution in [2.24, 2.45) is 0 Å². The van der Waals surface area contributed by atoms with E-state index in [0.29, 0.717) is 22.3 Å². The van der Waals surface area contributed by atoms with Crippen LogP contribution in [-0.2, 0) is 0 Å². The lowest BCUT2D eigenvalue weighted by molar-refractivity contribution is 0.0828. The zero-order valence-electron chi connectivity index (χ0n) is 16.4. The van der Waals surface area contributed by atoms with E-state index in [0.717, 1.165) is 0 Å². The maximum atomic E-state index is 12.9. The maximum Gasteiger partial charge on any atom is 0.276 e. The van der Waals surface area contributed by atoms with E-state index in [1.165, 1.54) is 31.3 Å². The second-order valence-electron chi connectivity index (χ2n) is 6.35. The molecule has 0 unspecified atom stereocenters. The van der Waals surface area contributed by atoms with Gasteiger partial charge in [-0.3, -0.25) is 14.4 Å². The molecule has 150 valence electrons. The van der Waals surface area contributed by atoms with E-state index in [4.69, 9.17) is 9.47 Å². The molecule has 0 saturated heterocycles. The molecule has 3 aromatic rings. The minimum absolute atomic E-state index is 0.0261. The number of H-pyrrole nitrogens is 1. The van der Waals surface area contributed by atoms with Gasteiger partial charge < -0.3 is 19.7 Å². The Morgan fingerprint density at radius 3 is 2.28 bits per heavy atom. The molecule has 2 aromatic carbocycles. The number of anilines is 1. The lowest BCUT2D eigenvalue weighted by Crippen LogP contribution is -2.25. The quantitative estimate of drug-likeness (QED) is 0.681. The maximum absolute atomic E-state index is 12.9. The number of methoxy groups -OCH3 is 2. The van der Waals surface area contributed by atoms with Crippen molar-refractivity contribution in [1.29, 1.82) is 0 Å². The Hall–Kier alpha value is -3.88. The third-order valence-corrected chi connectivity index (χ3v) is 4.32. The number of amides is 2. The van der Waals surface area contributed by atoms with Gasteiger partial charge in [0.05, 0.1) is 30.9 Å². The van der Waals surface area contributed by atoms with Crippen LogP contribution in [0, 0.1) is 0 Å². The summed E-state index contributed by atoms with van der Waals surface area (Å²) in [6.07, 6.45) is 0. The lowest BCUT2D eigenvalue weighted by Gasteiger charge is -2.18. The number of ether oxygens (including phenoxy) is 2. The highest BCUT2D eigenvalue weighted by Crippen LogP contribution is 2.34. The Balaban J connectivity index is 2.10. The summed E-state index contributed by atoms with van der Waals surface area (Å²) < 4.78 is 10.5. The highest BCUT2D eigenvalue weighted by atomic mass is 16.5. The molecule has 0 aliphatic rings. The van der Waals surface area contributed by atoms with Crippen LogP contribution in [0.2, 0.25) is 0 Å². The van der Waals surface area contributed by atoms with Crippen LogP contribution in [0.15, 0.2) is 41.2 Å². The molecule has 2 N–H and O–H groups in total. The number of aromatic amines is 1. The molecular weight excluding hydrogens is 376 g/mol. The largest absolute Gasteiger partial charge is 0.493 e. The van der Waals surface area contributed by atoms with Crippen molar-refractivity contribution in [2.45, 2.75) is 0 Å². The van der Waals surface area contributed by atoms with Crippen LogP contribution in [0.25, 0.3) is 10.8 Å². The van der Waals surface area contributed by atoms with Crippen LogP contribution in [0.3, 0.4) is 0 Å². The molecule has 0 atom stereocenters. The van der Waals surface area contributed by atoms with E-state index in [2.05, 4.69) is 15.5 Å². The molecule has 0 aliphatic carbocycles. The summed E-state index contributed by atoms with van der Waals surface area (Å²) in [5, 5.41) is 9.64. The average Bonchev–Trinajstić information content (AvgIpc) is 2.73. The average molecular weight is 396 g/mol. The lowest BCUT2D eigenvalue weighted by atomic mass is 10.1. The van der Waals surface area contributed by atoms with Crippen LogP contribution in [0.1, 0.15) is 20.8 Å². The van der Waals surface area contributed by atoms with Crippen molar-refractivity contribution in [2.75, 3.05) is 33.6 Å². The van der Waals surface area contributed by atoms with Gasteiger partial charge in [-0.05, 0) is 12.1 Å². The Morgan fingerprint density at radius 1 is 1.03 bits per heavy atom. The summed E-state index contributed by atoms with van der Waals surface area (Å²) in [6, 6.07) is 9.63. The molecule has 0 saturated carbocycles. The highest BCUT2D eigenvalue weighted by molar-refractivity contribution is 6.13. The van der Waals surface area contributed by atoms with Crippen LogP contribution in [0.4, 0.5) is 5.69 Å². The number of rotatable bonds is 5. The Kier molecular flexibility index (Phi) is 5.49. The SMILES string of the molecule is COc1cc(NC(=O)c2n[nH]c(=O)c3ccccc23)c(C(=O)N(C)C)cc1OC. The van der Waals surface area contributed by atoms with Crippen molar-refractivity contribution < 1.29 is 19.1 Å². The number of carbonyl (C=O) groups excluding carboxylic acids is 2. The van der Waals surface area contributed by atoms with Gasteiger partial charge >= 0.3 is 0 Å². The number of nitrogens with zero attached hydrogens (tertiary/aromatic N) is 2. The number of carbonyl (C=O) groups is 2. The number of fused-ring (bicyclic) bond motifs is 1. The van der Waals surface area contributed by atoms with Gasteiger partial charge in [-0.2, -0.15) is 5.10 Å². The van der Waals surface area contributed by atoms with Crippen molar-refractivity contribution in [3.8, 4) is 11.5 Å². The summed E-state index contributed by atoms with van der Waals surface area (Å²) in [6.45, 7) is 0. The van der Waals surface area contributed by atoms with Crippen LogP contribution in [-0.4, -0.2) is 55.2 Å². The van der Waals surface area contributed by atoms with Crippen LogP contribution >= 0.6 is 0 Å². The minimum Gasteiger partial charge on any atom is -0.493 e. The van der Waals surface area contributed by atoms with Gasteiger partial charge in [-0.15, -0.1) is 0 Å². The van der Waals surface area contributed by atoms with Crippen LogP contribution < -0.4 is 20.3 Å². The summed E-state index contributed by atoms with van der Waals surface area (Å²) in [4.78, 5) is 38.9. The molecule has 0 bridgehead atoms. The Morgan fingerprint density at radius 2 is 1.66 bits per heavy atom. The van der Waals surface area contributed by atoms with Gasteiger partial charge in [-0.1, -0.05) is 18.2 Å². The molecule has 0 aliphatic heterocycles. The fourth-order valence-electron chi connectivity index (χ4n) is 2.87. The molecule has 29 heavy (non-hydrogen) atoms. The Bertz CT molecular complexity index is 1150. The minimum atomic E-state index is -0.586.